The number of anilines is 1. The lowest BCUT2D eigenvalue weighted by Gasteiger charge is -2.10. The van der Waals surface area contributed by atoms with Crippen LogP contribution in [0.15, 0.2) is 66.7 Å². The second kappa shape index (κ2) is 8.07. The smallest absolute Gasteiger partial charge is 0.336 e. The maximum absolute atomic E-state index is 12.6. The fourth-order valence-corrected chi connectivity index (χ4v) is 3.49. The van der Waals surface area contributed by atoms with Crippen molar-refractivity contribution in [2.45, 2.75) is 6.92 Å². The van der Waals surface area contributed by atoms with Crippen molar-refractivity contribution in [3.8, 4) is 34.6 Å². The molecule has 1 N–H and O–H groups in total. The molecule has 1 amide bonds. The van der Waals surface area contributed by atoms with Gasteiger partial charge >= 0.3 is 6.01 Å². The molecule has 0 atom stereocenters. The van der Waals surface area contributed by atoms with Gasteiger partial charge in [-0.3, -0.25) is 4.79 Å². The molecule has 32 heavy (non-hydrogen) atoms. The summed E-state index contributed by atoms with van der Waals surface area (Å²) in [6, 6.07) is 20.7. The Morgan fingerprint density at radius 2 is 1.81 bits per heavy atom. The van der Waals surface area contributed by atoms with Crippen LogP contribution in [0.4, 0.5) is 5.69 Å². The van der Waals surface area contributed by atoms with Gasteiger partial charge in [-0.1, -0.05) is 18.2 Å². The summed E-state index contributed by atoms with van der Waals surface area (Å²) in [5.74, 6) is 1.79. The molecular formula is C24H20N4O4. The van der Waals surface area contributed by atoms with Crippen molar-refractivity contribution in [1.82, 2.24) is 14.8 Å². The third-order valence-corrected chi connectivity index (χ3v) is 5.16. The van der Waals surface area contributed by atoms with Crippen LogP contribution in [0.2, 0.25) is 0 Å². The molecule has 160 valence electrons. The second-order valence-corrected chi connectivity index (χ2v) is 7.22. The topological polar surface area (TPSA) is 87.5 Å². The first-order chi connectivity index (χ1) is 15.6. The third kappa shape index (κ3) is 3.62. The van der Waals surface area contributed by atoms with E-state index < -0.39 is 0 Å². The maximum atomic E-state index is 12.6. The average Bonchev–Trinajstić information content (AvgIpc) is 3.46. The van der Waals surface area contributed by atoms with Crippen molar-refractivity contribution in [1.29, 1.82) is 0 Å². The first kappa shape index (κ1) is 19.6. The Bertz CT molecular complexity index is 1300. The molecule has 8 heteroatoms. The third-order valence-electron chi connectivity index (χ3n) is 5.16. The molecular weight excluding hydrogens is 408 g/mol. The Kier molecular flexibility index (Phi) is 4.95. The fraction of sp³-hybridized carbons (Fsp3) is 0.125. The second-order valence-electron chi connectivity index (χ2n) is 7.22. The minimum atomic E-state index is -0.153. The van der Waals surface area contributed by atoms with E-state index in [4.69, 9.17) is 14.2 Å². The predicted molar refractivity (Wildman–Crippen MR) is 119 cm³/mol. The molecule has 8 nitrogen and oxygen atoms in total. The van der Waals surface area contributed by atoms with E-state index in [1.165, 1.54) is 7.11 Å². The van der Waals surface area contributed by atoms with E-state index in [-0.39, 0.29) is 18.7 Å². The summed E-state index contributed by atoms with van der Waals surface area (Å²) in [6.07, 6.45) is 0. The molecule has 1 aromatic heterocycles. The zero-order valence-electron chi connectivity index (χ0n) is 17.5. The number of aromatic nitrogens is 3. The monoisotopic (exact) mass is 428 g/mol. The summed E-state index contributed by atoms with van der Waals surface area (Å²) in [4.78, 5) is 17.1. The standard InChI is InChI=1S/C24H20N4O4/c1-15-5-3-4-6-19(15)23(29)25-17-8-10-18(11-9-17)28-22(26-24(27-28)30-2)16-7-12-20-21(13-16)32-14-31-20/h3-13H,14H2,1-2H3,(H,25,29). The molecule has 0 unspecified atom stereocenters. The summed E-state index contributed by atoms with van der Waals surface area (Å²) in [7, 11) is 1.52. The molecule has 0 bridgehead atoms. The number of carbonyl (C=O) groups excluding carboxylic acids is 1. The first-order valence-corrected chi connectivity index (χ1v) is 10.0. The van der Waals surface area contributed by atoms with Crippen molar-refractivity contribution in [3.63, 3.8) is 0 Å². The number of amides is 1. The van der Waals surface area contributed by atoms with E-state index in [0.29, 0.717) is 28.6 Å². The molecule has 3 aromatic carbocycles. The lowest BCUT2D eigenvalue weighted by molar-refractivity contribution is 0.102. The van der Waals surface area contributed by atoms with Gasteiger partial charge < -0.3 is 19.5 Å². The highest BCUT2D eigenvalue weighted by atomic mass is 16.7. The van der Waals surface area contributed by atoms with Crippen LogP contribution in [-0.2, 0) is 0 Å². The lowest BCUT2D eigenvalue weighted by atomic mass is 10.1. The van der Waals surface area contributed by atoms with Crippen LogP contribution < -0.4 is 19.5 Å². The van der Waals surface area contributed by atoms with Crippen LogP contribution in [0.3, 0.4) is 0 Å². The van der Waals surface area contributed by atoms with Gasteiger partial charge in [0.1, 0.15) is 0 Å². The van der Waals surface area contributed by atoms with Crippen LogP contribution in [0.1, 0.15) is 15.9 Å². The normalized spacial score (nSPS) is 11.9. The molecule has 0 fully saturated rings. The van der Waals surface area contributed by atoms with Crippen molar-refractivity contribution in [3.05, 3.63) is 77.9 Å². The molecule has 2 heterocycles. The predicted octanol–water partition coefficient (Wildman–Crippen LogP) is 4.23. The van der Waals surface area contributed by atoms with Gasteiger partial charge in [0, 0.05) is 16.8 Å². The van der Waals surface area contributed by atoms with Crippen LogP contribution >= 0.6 is 0 Å². The summed E-state index contributed by atoms with van der Waals surface area (Å²) in [5, 5.41) is 7.37. The molecule has 1 aliphatic rings. The number of rotatable bonds is 5. The van der Waals surface area contributed by atoms with Crippen molar-refractivity contribution >= 4 is 11.6 Å². The molecule has 0 aliphatic carbocycles. The fourth-order valence-electron chi connectivity index (χ4n) is 3.49. The Balaban J connectivity index is 1.43. The number of hydrogen-bond acceptors (Lipinski definition) is 6. The van der Waals surface area contributed by atoms with E-state index >= 15 is 0 Å². The lowest BCUT2D eigenvalue weighted by Crippen LogP contribution is -2.13. The van der Waals surface area contributed by atoms with E-state index in [1.807, 2.05) is 67.6 Å². The Hall–Kier alpha value is -4.33. The van der Waals surface area contributed by atoms with Gasteiger partial charge in [-0.05, 0) is 61.0 Å². The van der Waals surface area contributed by atoms with E-state index in [0.717, 1.165) is 16.8 Å². The molecule has 0 saturated heterocycles. The summed E-state index contributed by atoms with van der Waals surface area (Å²) >= 11 is 0. The number of methoxy groups -OCH3 is 1. The highest BCUT2D eigenvalue weighted by Crippen LogP contribution is 2.36. The minimum absolute atomic E-state index is 0.153. The molecule has 4 aromatic rings. The largest absolute Gasteiger partial charge is 0.466 e. The summed E-state index contributed by atoms with van der Waals surface area (Å²) in [6.45, 7) is 2.11. The SMILES string of the molecule is COc1nc(-c2ccc3c(c2)OCO3)n(-c2ccc(NC(=O)c3ccccc3C)cc2)n1. The Morgan fingerprint density at radius 1 is 1.03 bits per heavy atom. The Morgan fingerprint density at radius 3 is 2.59 bits per heavy atom. The van der Waals surface area contributed by atoms with Crippen LogP contribution in [0, 0.1) is 6.92 Å². The van der Waals surface area contributed by atoms with Gasteiger partial charge in [-0.25, -0.2) is 4.68 Å². The van der Waals surface area contributed by atoms with Gasteiger partial charge in [0.2, 0.25) is 6.79 Å². The highest BCUT2D eigenvalue weighted by molar-refractivity contribution is 6.05. The zero-order chi connectivity index (χ0) is 22.1. The molecule has 0 spiro atoms. The number of fused-ring (bicyclic) bond motifs is 1. The van der Waals surface area contributed by atoms with Gasteiger partial charge in [0.05, 0.1) is 12.8 Å². The highest BCUT2D eigenvalue weighted by Gasteiger charge is 2.19. The number of carbonyl (C=O) groups is 1. The van der Waals surface area contributed by atoms with Gasteiger partial charge in [-0.2, -0.15) is 4.98 Å². The summed E-state index contributed by atoms with van der Waals surface area (Å²) < 4.78 is 17.8. The van der Waals surface area contributed by atoms with Gasteiger partial charge in [0.25, 0.3) is 5.91 Å². The van der Waals surface area contributed by atoms with Crippen molar-refractivity contribution < 1.29 is 19.0 Å². The first-order valence-electron chi connectivity index (χ1n) is 10.0. The molecule has 0 radical (unpaired) electrons. The van der Waals surface area contributed by atoms with E-state index in [2.05, 4.69) is 15.4 Å². The van der Waals surface area contributed by atoms with Gasteiger partial charge in [0.15, 0.2) is 17.3 Å². The number of aryl methyl sites for hydroxylation is 1. The average molecular weight is 428 g/mol. The summed E-state index contributed by atoms with van der Waals surface area (Å²) in [5.41, 5.74) is 3.82. The number of benzene rings is 3. The quantitative estimate of drug-likeness (QED) is 0.512. The maximum Gasteiger partial charge on any atom is 0.336 e. The number of ether oxygens (including phenoxy) is 3. The van der Waals surface area contributed by atoms with E-state index in [1.54, 1.807) is 10.7 Å². The zero-order valence-corrected chi connectivity index (χ0v) is 17.5. The van der Waals surface area contributed by atoms with Crippen LogP contribution in [0.5, 0.6) is 17.5 Å². The Labute approximate surface area is 184 Å². The molecule has 5 rings (SSSR count). The number of nitrogens with one attached hydrogen (secondary N) is 1. The van der Waals surface area contributed by atoms with Crippen LogP contribution in [-0.4, -0.2) is 34.6 Å². The number of nitrogens with zero attached hydrogens (tertiary/aromatic N) is 3. The van der Waals surface area contributed by atoms with Crippen molar-refractivity contribution in [2.75, 3.05) is 19.2 Å². The number of hydrogen-bond donors (Lipinski definition) is 1. The molecule has 0 saturated carbocycles. The van der Waals surface area contributed by atoms with Gasteiger partial charge in [-0.15, -0.1) is 5.10 Å². The molecule has 1 aliphatic heterocycles. The van der Waals surface area contributed by atoms with Crippen molar-refractivity contribution in [2.24, 2.45) is 0 Å². The minimum Gasteiger partial charge on any atom is -0.466 e. The van der Waals surface area contributed by atoms with E-state index in [9.17, 15) is 4.79 Å². The van der Waals surface area contributed by atoms with Crippen LogP contribution in [0.25, 0.3) is 17.1 Å².